The fourth-order valence-corrected chi connectivity index (χ4v) is 3.40. The number of thiophene rings is 1. The molecule has 0 spiro atoms. The fraction of sp³-hybridized carbons (Fsp3) is 0.300. The van der Waals surface area contributed by atoms with Crippen LogP contribution in [-0.4, -0.2) is 21.2 Å². The first kappa shape index (κ1) is 17.4. The summed E-state index contributed by atoms with van der Waals surface area (Å²) in [4.78, 5) is 13.9. The van der Waals surface area contributed by atoms with Crippen LogP contribution >= 0.6 is 11.3 Å². The molecule has 0 aliphatic rings. The van der Waals surface area contributed by atoms with Crippen LogP contribution in [0.3, 0.4) is 0 Å². The summed E-state index contributed by atoms with van der Waals surface area (Å²) in [6, 6.07) is 12.0. The van der Waals surface area contributed by atoms with Crippen molar-refractivity contribution in [2.45, 2.75) is 40.2 Å². The van der Waals surface area contributed by atoms with Gasteiger partial charge in [-0.1, -0.05) is 23.8 Å². The molecule has 4 nitrogen and oxygen atoms in total. The highest BCUT2D eigenvalue weighted by Gasteiger charge is 2.22. The molecule has 0 unspecified atom stereocenters. The van der Waals surface area contributed by atoms with Gasteiger partial charge in [0.1, 0.15) is 11.4 Å². The Hall–Kier alpha value is -2.40. The van der Waals surface area contributed by atoms with Crippen molar-refractivity contribution in [3.8, 4) is 16.3 Å². The van der Waals surface area contributed by atoms with Gasteiger partial charge in [-0.15, -0.1) is 11.3 Å². The predicted octanol–water partition coefficient (Wildman–Crippen LogP) is 4.75. The first-order chi connectivity index (χ1) is 11.7. The van der Waals surface area contributed by atoms with Crippen molar-refractivity contribution >= 4 is 17.2 Å². The number of amides is 1. The molecule has 0 bridgehead atoms. The van der Waals surface area contributed by atoms with E-state index >= 15 is 0 Å². The average Bonchev–Trinajstić information content (AvgIpc) is 3.14. The van der Waals surface area contributed by atoms with E-state index in [4.69, 9.17) is 5.10 Å². The summed E-state index contributed by atoms with van der Waals surface area (Å²) in [5.41, 5.74) is 4.25. The van der Waals surface area contributed by atoms with Gasteiger partial charge in [-0.05, 0) is 63.8 Å². The zero-order valence-electron chi connectivity index (χ0n) is 15.3. The molecule has 1 amide bonds. The van der Waals surface area contributed by atoms with E-state index in [2.05, 4.69) is 18.3 Å². The lowest BCUT2D eigenvalue weighted by Gasteiger charge is -2.21. The normalized spacial score (nSPS) is 11.6. The van der Waals surface area contributed by atoms with Crippen molar-refractivity contribution in [3.63, 3.8) is 0 Å². The van der Waals surface area contributed by atoms with Crippen LogP contribution in [-0.2, 0) is 0 Å². The number of aryl methyl sites for hydroxylation is 2. The molecular weight excluding hydrogens is 330 g/mol. The SMILES string of the molecule is Cc1ccc(-n2nc(-c3cccs3)cc2C(=O)NC(C)(C)C)c(C)c1. The Labute approximate surface area is 152 Å². The molecule has 2 heterocycles. The highest BCUT2D eigenvalue weighted by atomic mass is 32.1. The van der Waals surface area contributed by atoms with Crippen LogP contribution in [0.4, 0.5) is 0 Å². The average molecular weight is 353 g/mol. The van der Waals surface area contributed by atoms with Gasteiger partial charge in [-0.3, -0.25) is 4.79 Å². The van der Waals surface area contributed by atoms with E-state index in [1.165, 1.54) is 5.56 Å². The van der Waals surface area contributed by atoms with Gasteiger partial charge in [0.2, 0.25) is 0 Å². The van der Waals surface area contributed by atoms with Gasteiger partial charge in [-0.2, -0.15) is 5.10 Å². The number of benzene rings is 1. The van der Waals surface area contributed by atoms with Crippen LogP contribution in [0.2, 0.25) is 0 Å². The molecule has 0 saturated heterocycles. The predicted molar refractivity (Wildman–Crippen MR) is 104 cm³/mol. The van der Waals surface area contributed by atoms with Crippen molar-refractivity contribution in [2.24, 2.45) is 0 Å². The van der Waals surface area contributed by atoms with Crippen LogP contribution < -0.4 is 5.32 Å². The number of nitrogens with one attached hydrogen (secondary N) is 1. The molecule has 2 aromatic heterocycles. The Morgan fingerprint density at radius 3 is 2.52 bits per heavy atom. The number of carbonyl (C=O) groups excluding carboxylic acids is 1. The van der Waals surface area contributed by atoms with E-state index in [9.17, 15) is 4.79 Å². The maximum atomic E-state index is 12.8. The van der Waals surface area contributed by atoms with E-state index in [0.29, 0.717) is 5.69 Å². The second-order valence-electron chi connectivity index (χ2n) is 7.30. The Morgan fingerprint density at radius 2 is 1.92 bits per heavy atom. The van der Waals surface area contributed by atoms with Crippen LogP contribution in [0.25, 0.3) is 16.3 Å². The standard InChI is InChI=1S/C20H23N3OS/c1-13-8-9-16(14(2)11-13)23-17(19(24)21-20(3,4)5)12-15(22-23)18-7-6-10-25-18/h6-12H,1-5H3,(H,21,24). The molecule has 0 aliphatic heterocycles. The molecular formula is C20H23N3OS. The quantitative estimate of drug-likeness (QED) is 0.739. The van der Waals surface area contributed by atoms with Gasteiger partial charge < -0.3 is 5.32 Å². The molecule has 1 N–H and O–H groups in total. The molecule has 1 aromatic carbocycles. The summed E-state index contributed by atoms with van der Waals surface area (Å²) in [6.45, 7) is 10.0. The largest absolute Gasteiger partial charge is 0.346 e. The van der Waals surface area contributed by atoms with E-state index in [1.54, 1.807) is 16.0 Å². The van der Waals surface area contributed by atoms with E-state index in [1.807, 2.05) is 63.4 Å². The van der Waals surface area contributed by atoms with Crippen molar-refractivity contribution in [1.82, 2.24) is 15.1 Å². The van der Waals surface area contributed by atoms with Crippen LogP contribution in [0.5, 0.6) is 0 Å². The van der Waals surface area contributed by atoms with Crippen molar-refractivity contribution in [3.05, 3.63) is 58.6 Å². The molecule has 0 aliphatic carbocycles. The van der Waals surface area contributed by atoms with Gasteiger partial charge >= 0.3 is 0 Å². The summed E-state index contributed by atoms with van der Waals surface area (Å²) in [7, 11) is 0. The number of nitrogens with zero attached hydrogens (tertiary/aromatic N) is 2. The Kier molecular flexibility index (Phi) is 4.52. The zero-order chi connectivity index (χ0) is 18.2. The van der Waals surface area contributed by atoms with E-state index in [0.717, 1.165) is 21.8 Å². The van der Waals surface area contributed by atoms with Gasteiger partial charge in [-0.25, -0.2) is 4.68 Å². The molecule has 0 fully saturated rings. The summed E-state index contributed by atoms with van der Waals surface area (Å²) in [6.07, 6.45) is 0. The minimum Gasteiger partial charge on any atom is -0.346 e. The minimum atomic E-state index is -0.308. The summed E-state index contributed by atoms with van der Waals surface area (Å²) < 4.78 is 1.75. The molecule has 0 radical (unpaired) electrons. The lowest BCUT2D eigenvalue weighted by Crippen LogP contribution is -2.41. The fourth-order valence-electron chi connectivity index (χ4n) is 2.72. The van der Waals surface area contributed by atoms with Crippen LogP contribution in [0.1, 0.15) is 42.4 Å². The topological polar surface area (TPSA) is 46.9 Å². The van der Waals surface area contributed by atoms with Crippen molar-refractivity contribution < 1.29 is 4.79 Å². The molecule has 5 heteroatoms. The highest BCUT2D eigenvalue weighted by Crippen LogP contribution is 2.27. The Bertz CT molecular complexity index is 902. The smallest absolute Gasteiger partial charge is 0.270 e. The Balaban J connectivity index is 2.13. The van der Waals surface area contributed by atoms with Gasteiger partial charge in [0, 0.05) is 5.54 Å². The van der Waals surface area contributed by atoms with Crippen molar-refractivity contribution in [2.75, 3.05) is 0 Å². The second-order valence-corrected chi connectivity index (χ2v) is 8.25. The summed E-state index contributed by atoms with van der Waals surface area (Å²) in [5, 5.41) is 9.78. The van der Waals surface area contributed by atoms with Gasteiger partial charge in [0.25, 0.3) is 5.91 Å². The zero-order valence-corrected chi connectivity index (χ0v) is 16.1. The summed E-state index contributed by atoms with van der Waals surface area (Å²) >= 11 is 1.62. The third-order valence-corrected chi connectivity index (χ3v) is 4.68. The number of carbonyl (C=O) groups is 1. The molecule has 0 atom stereocenters. The maximum Gasteiger partial charge on any atom is 0.270 e. The summed E-state index contributed by atoms with van der Waals surface area (Å²) in [5.74, 6) is -0.122. The monoisotopic (exact) mass is 353 g/mol. The molecule has 25 heavy (non-hydrogen) atoms. The molecule has 0 saturated carbocycles. The van der Waals surface area contributed by atoms with Crippen LogP contribution in [0.15, 0.2) is 41.8 Å². The van der Waals surface area contributed by atoms with Crippen molar-refractivity contribution in [1.29, 1.82) is 0 Å². The van der Waals surface area contributed by atoms with E-state index in [-0.39, 0.29) is 11.4 Å². The highest BCUT2D eigenvalue weighted by molar-refractivity contribution is 7.13. The van der Waals surface area contributed by atoms with Crippen LogP contribution in [0, 0.1) is 13.8 Å². The first-order valence-electron chi connectivity index (χ1n) is 8.29. The number of hydrogen-bond acceptors (Lipinski definition) is 3. The van der Waals surface area contributed by atoms with E-state index < -0.39 is 0 Å². The third kappa shape index (κ3) is 3.82. The lowest BCUT2D eigenvalue weighted by atomic mass is 10.1. The van der Waals surface area contributed by atoms with Gasteiger partial charge in [0.15, 0.2) is 0 Å². The molecule has 3 aromatic rings. The number of aromatic nitrogens is 2. The van der Waals surface area contributed by atoms with Gasteiger partial charge in [0.05, 0.1) is 10.6 Å². The third-order valence-electron chi connectivity index (χ3n) is 3.78. The Morgan fingerprint density at radius 1 is 1.16 bits per heavy atom. The lowest BCUT2D eigenvalue weighted by molar-refractivity contribution is 0.0911. The minimum absolute atomic E-state index is 0.122. The molecule has 130 valence electrons. The first-order valence-corrected chi connectivity index (χ1v) is 9.17. The molecule has 3 rings (SSSR count). The second kappa shape index (κ2) is 6.48. The number of rotatable bonds is 3. The number of hydrogen-bond donors (Lipinski definition) is 1. The maximum absolute atomic E-state index is 12.8.